The molecule has 2 heteroatoms. The van der Waals surface area contributed by atoms with Gasteiger partial charge in [-0.15, -0.1) is 0 Å². The van der Waals surface area contributed by atoms with E-state index in [1.807, 2.05) is 0 Å². The number of aromatic nitrogens is 2. The molecule has 0 saturated carbocycles. The summed E-state index contributed by atoms with van der Waals surface area (Å²) in [6.07, 6.45) is 14.3. The van der Waals surface area contributed by atoms with Crippen molar-refractivity contribution in [1.29, 1.82) is 0 Å². The van der Waals surface area contributed by atoms with E-state index < -0.39 is 0 Å². The van der Waals surface area contributed by atoms with E-state index in [9.17, 15) is 0 Å². The van der Waals surface area contributed by atoms with Crippen LogP contribution in [-0.4, -0.2) is 9.97 Å². The number of para-hydroxylation sites is 1. The topological polar surface area (TPSA) is 25.8 Å². The summed E-state index contributed by atoms with van der Waals surface area (Å²) < 4.78 is 0. The number of nitrogens with zero attached hydrogens (tertiary/aromatic N) is 2. The predicted octanol–water partition coefficient (Wildman–Crippen LogP) is 9.82. The van der Waals surface area contributed by atoms with Crippen molar-refractivity contribution in [3.05, 3.63) is 70.8 Å². The molecule has 4 rings (SSSR count). The molecule has 0 atom stereocenters. The molecule has 0 bridgehead atoms. The average molecular weight is 481 g/mol. The second-order valence-electron chi connectivity index (χ2n) is 10.3. The number of rotatable bonds is 13. The van der Waals surface area contributed by atoms with Crippen molar-refractivity contribution < 1.29 is 0 Å². The molecule has 0 amide bonds. The van der Waals surface area contributed by atoms with Crippen molar-refractivity contribution in [2.45, 2.75) is 105 Å². The molecule has 2 heterocycles. The molecule has 0 aliphatic rings. The first-order valence-corrected chi connectivity index (χ1v) is 14.5. The van der Waals surface area contributed by atoms with E-state index in [2.05, 4.69) is 76.2 Å². The molecule has 0 saturated heterocycles. The van der Waals surface area contributed by atoms with Crippen molar-refractivity contribution in [3.63, 3.8) is 0 Å². The molecule has 190 valence electrons. The van der Waals surface area contributed by atoms with Crippen LogP contribution in [0, 0.1) is 0 Å². The zero-order valence-electron chi connectivity index (χ0n) is 23.0. The van der Waals surface area contributed by atoms with Crippen molar-refractivity contribution >= 4 is 21.8 Å². The van der Waals surface area contributed by atoms with Gasteiger partial charge in [-0.1, -0.05) is 83.7 Å². The summed E-state index contributed by atoms with van der Waals surface area (Å²) in [5.74, 6) is 0. The standard InChI is InChI=1S/C34H44N2/c1-5-9-15-25-21-23-31-33(27(25)17-10-6-2)28(18-11-7-3)29(19-12-8-4)34(36-31)32-24-22-26-16-13-14-20-30(26)35-32/h13-14,16,20-24H,5-12,15,17-19H2,1-4H3. The molecule has 4 aromatic rings. The summed E-state index contributed by atoms with van der Waals surface area (Å²) in [6, 6.07) is 17.5. The minimum atomic E-state index is 1.02. The van der Waals surface area contributed by atoms with Crippen LogP contribution in [0.2, 0.25) is 0 Å². The third-order valence-electron chi connectivity index (χ3n) is 7.55. The van der Waals surface area contributed by atoms with E-state index >= 15 is 0 Å². The van der Waals surface area contributed by atoms with Crippen molar-refractivity contribution in [2.24, 2.45) is 0 Å². The lowest BCUT2D eigenvalue weighted by molar-refractivity contribution is 0.751. The van der Waals surface area contributed by atoms with E-state index in [4.69, 9.17) is 9.97 Å². The molecule has 0 fully saturated rings. The summed E-state index contributed by atoms with van der Waals surface area (Å²) in [4.78, 5) is 10.5. The predicted molar refractivity (Wildman–Crippen MR) is 157 cm³/mol. The van der Waals surface area contributed by atoms with Gasteiger partial charge in [0.25, 0.3) is 0 Å². The Morgan fingerprint density at radius 2 is 1.17 bits per heavy atom. The van der Waals surface area contributed by atoms with Gasteiger partial charge in [-0.3, -0.25) is 0 Å². The van der Waals surface area contributed by atoms with Crippen molar-refractivity contribution in [2.75, 3.05) is 0 Å². The van der Waals surface area contributed by atoms with E-state index in [1.165, 1.54) is 74.1 Å². The van der Waals surface area contributed by atoms with Crippen LogP contribution in [0.4, 0.5) is 0 Å². The van der Waals surface area contributed by atoms with Crippen LogP contribution < -0.4 is 0 Å². The molecule has 2 nitrogen and oxygen atoms in total. The van der Waals surface area contributed by atoms with E-state index in [1.54, 1.807) is 16.7 Å². The molecular weight excluding hydrogens is 436 g/mol. The zero-order valence-corrected chi connectivity index (χ0v) is 23.0. The first-order valence-electron chi connectivity index (χ1n) is 14.5. The van der Waals surface area contributed by atoms with Crippen LogP contribution in [0.5, 0.6) is 0 Å². The van der Waals surface area contributed by atoms with Gasteiger partial charge in [0.1, 0.15) is 0 Å². The van der Waals surface area contributed by atoms with Crippen LogP contribution in [0.1, 0.15) is 101 Å². The number of aryl methyl sites for hydroxylation is 3. The van der Waals surface area contributed by atoms with Crippen LogP contribution in [-0.2, 0) is 25.7 Å². The first kappa shape index (κ1) is 26.3. The summed E-state index contributed by atoms with van der Waals surface area (Å²) in [5, 5.41) is 2.66. The maximum absolute atomic E-state index is 5.40. The molecule has 0 aliphatic heterocycles. The Balaban J connectivity index is 2.01. The highest BCUT2D eigenvalue weighted by molar-refractivity contribution is 5.91. The number of hydrogen-bond acceptors (Lipinski definition) is 2. The number of fused-ring (bicyclic) bond motifs is 2. The average Bonchev–Trinajstić information content (AvgIpc) is 2.92. The van der Waals surface area contributed by atoms with Gasteiger partial charge in [0.2, 0.25) is 0 Å². The quantitative estimate of drug-likeness (QED) is 0.190. The SMILES string of the molecule is CCCCc1ccc2nc(-c3ccc4ccccc4n3)c(CCCC)c(CCCC)c2c1CCCC. The van der Waals surface area contributed by atoms with Gasteiger partial charge in [-0.2, -0.15) is 0 Å². The van der Waals surface area contributed by atoms with Gasteiger partial charge in [0.05, 0.1) is 22.4 Å². The highest BCUT2D eigenvalue weighted by atomic mass is 14.8. The molecule has 0 N–H and O–H groups in total. The van der Waals surface area contributed by atoms with Crippen molar-refractivity contribution in [3.8, 4) is 11.4 Å². The molecule has 36 heavy (non-hydrogen) atoms. The van der Waals surface area contributed by atoms with E-state index in [0.717, 1.165) is 41.7 Å². The fraction of sp³-hybridized carbons (Fsp3) is 0.471. The molecule has 0 unspecified atom stereocenters. The van der Waals surface area contributed by atoms with E-state index in [0.29, 0.717) is 0 Å². The third-order valence-corrected chi connectivity index (χ3v) is 7.55. The van der Waals surface area contributed by atoms with Gasteiger partial charge in [0, 0.05) is 10.8 Å². The Bertz CT molecular complexity index is 1290. The fourth-order valence-corrected chi connectivity index (χ4v) is 5.49. The Hall–Kier alpha value is -2.74. The second-order valence-corrected chi connectivity index (χ2v) is 10.3. The Morgan fingerprint density at radius 3 is 1.89 bits per heavy atom. The summed E-state index contributed by atoms with van der Waals surface area (Å²) >= 11 is 0. The Kier molecular flexibility index (Phi) is 9.50. The highest BCUT2D eigenvalue weighted by Crippen LogP contribution is 2.36. The largest absolute Gasteiger partial charge is 0.246 e. The number of unbranched alkanes of at least 4 members (excludes halogenated alkanes) is 4. The second kappa shape index (κ2) is 13.0. The van der Waals surface area contributed by atoms with Gasteiger partial charge >= 0.3 is 0 Å². The number of benzene rings is 2. The van der Waals surface area contributed by atoms with Crippen molar-refractivity contribution in [1.82, 2.24) is 9.97 Å². The summed E-state index contributed by atoms with van der Waals surface area (Å²) in [6.45, 7) is 9.21. The lowest BCUT2D eigenvalue weighted by atomic mass is 9.86. The molecule has 0 radical (unpaired) electrons. The number of hydrogen-bond donors (Lipinski definition) is 0. The van der Waals surface area contributed by atoms with Gasteiger partial charge in [-0.25, -0.2) is 9.97 Å². The van der Waals surface area contributed by atoms with Gasteiger partial charge in [-0.05, 0) is 91.8 Å². The Labute approximate surface area is 218 Å². The van der Waals surface area contributed by atoms with Gasteiger partial charge < -0.3 is 0 Å². The maximum Gasteiger partial charge on any atom is 0.0928 e. The molecule has 2 aromatic carbocycles. The first-order chi connectivity index (χ1) is 17.7. The molecule has 2 aromatic heterocycles. The monoisotopic (exact) mass is 480 g/mol. The normalized spacial score (nSPS) is 11.6. The molecule has 0 aliphatic carbocycles. The van der Waals surface area contributed by atoms with Crippen LogP contribution in [0.25, 0.3) is 33.2 Å². The third kappa shape index (κ3) is 5.80. The van der Waals surface area contributed by atoms with Gasteiger partial charge in [0.15, 0.2) is 0 Å². The fourth-order valence-electron chi connectivity index (χ4n) is 5.49. The number of pyridine rings is 2. The molecule has 0 spiro atoms. The maximum atomic E-state index is 5.40. The molecular formula is C34H44N2. The van der Waals surface area contributed by atoms with Crippen LogP contribution >= 0.6 is 0 Å². The lowest BCUT2D eigenvalue weighted by Crippen LogP contribution is -2.07. The smallest absolute Gasteiger partial charge is 0.0928 e. The zero-order chi connectivity index (χ0) is 25.3. The lowest BCUT2D eigenvalue weighted by Gasteiger charge is -2.21. The van der Waals surface area contributed by atoms with Crippen LogP contribution in [0.3, 0.4) is 0 Å². The minimum absolute atomic E-state index is 1.02. The minimum Gasteiger partial charge on any atom is -0.246 e. The summed E-state index contributed by atoms with van der Waals surface area (Å²) in [5.41, 5.74) is 10.5. The van der Waals surface area contributed by atoms with Crippen LogP contribution in [0.15, 0.2) is 48.5 Å². The highest BCUT2D eigenvalue weighted by Gasteiger charge is 2.20. The summed E-state index contributed by atoms with van der Waals surface area (Å²) in [7, 11) is 0. The van der Waals surface area contributed by atoms with E-state index in [-0.39, 0.29) is 0 Å². The Morgan fingerprint density at radius 1 is 0.528 bits per heavy atom.